The van der Waals surface area contributed by atoms with Crippen LogP contribution in [0.2, 0.25) is 6.04 Å². The van der Waals surface area contributed by atoms with E-state index in [-0.39, 0.29) is 0 Å². The second-order valence-corrected chi connectivity index (χ2v) is 5.05. The lowest BCUT2D eigenvalue weighted by Crippen LogP contribution is -2.27. The van der Waals surface area contributed by atoms with Gasteiger partial charge in [-0.15, -0.1) is 0 Å². The molecular formula is C9H17F3Si. The Bertz CT molecular complexity index is 147. The quantitative estimate of drug-likeness (QED) is 0.614. The summed E-state index contributed by atoms with van der Waals surface area (Å²) in [4.78, 5) is 0. The molecule has 0 nitrogen and oxygen atoms in total. The highest BCUT2D eigenvalue weighted by molar-refractivity contribution is 6.08. The van der Waals surface area contributed by atoms with Crippen molar-refractivity contribution in [2.24, 2.45) is 11.8 Å². The standard InChI is InChI=1S/C9H17F3Si/c10-9(11,12)8-3-1-7(2-4-8)5-6-13/h7-8H,1-6H2,13H3. The molecule has 0 unspecified atom stereocenters. The molecule has 0 bridgehead atoms. The average Bonchev–Trinajstić information content (AvgIpc) is 2.04. The fraction of sp³-hybridized carbons (Fsp3) is 1.00. The van der Waals surface area contributed by atoms with E-state index in [2.05, 4.69) is 0 Å². The maximum Gasteiger partial charge on any atom is 0.391 e. The zero-order valence-corrected chi connectivity index (χ0v) is 10.0. The van der Waals surface area contributed by atoms with Gasteiger partial charge in [0.1, 0.15) is 0 Å². The van der Waals surface area contributed by atoms with Gasteiger partial charge in [-0.1, -0.05) is 12.5 Å². The first-order valence-electron chi connectivity index (χ1n) is 5.10. The molecule has 0 radical (unpaired) electrons. The fourth-order valence-corrected chi connectivity index (χ4v) is 3.00. The summed E-state index contributed by atoms with van der Waals surface area (Å²) in [6, 6.07) is 1.24. The Morgan fingerprint density at radius 1 is 1.08 bits per heavy atom. The van der Waals surface area contributed by atoms with Crippen molar-refractivity contribution in [2.45, 2.75) is 44.3 Å². The Morgan fingerprint density at radius 2 is 1.62 bits per heavy atom. The van der Waals surface area contributed by atoms with Crippen LogP contribution < -0.4 is 0 Å². The fourth-order valence-electron chi connectivity index (χ4n) is 2.19. The predicted molar refractivity (Wildman–Crippen MR) is 50.9 cm³/mol. The van der Waals surface area contributed by atoms with Gasteiger partial charge in [-0.2, -0.15) is 13.2 Å². The van der Waals surface area contributed by atoms with Crippen LogP contribution in [0, 0.1) is 11.8 Å². The van der Waals surface area contributed by atoms with Gasteiger partial charge in [0.25, 0.3) is 0 Å². The van der Waals surface area contributed by atoms with Crippen LogP contribution in [0.1, 0.15) is 32.1 Å². The van der Waals surface area contributed by atoms with Crippen molar-refractivity contribution in [1.29, 1.82) is 0 Å². The van der Waals surface area contributed by atoms with Crippen LogP contribution in [0.4, 0.5) is 13.2 Å². The first-order valence-corrected chi connectivity index (χ1v) is 6.52. The van der Waals surface area contributed by atoms with E-state index in [0.717, 1.165) is 19.3 Å². The minimum atomic E-state index is -3.94. The Hall–Kier alpha value is 0.00688. The van der Waals surface area contributed by atoms with Crippen molar-refractivity contribution >= 4 is 10.2 Å². The van der Waals surface area contributed by atoms with E-state index >= 15 is 0 Å². The van der Waals surface area contributed by atoms with Crippen molar-refractivity contribution in [2.75, 3.05) is 0 Å². The summed E-state index contributed by atoms with van der Waals surface area (Å²) < 4.78 is 36.8. The van der Waals surface area contributed by atoms with Crippen LogP contribution in [0.3, 0.4) is 0 Å². The lowest BCUT2D eigenvalue weighted by atomic mass is 9.80. The van der Waals surface area contributed by atoms with E-state index in [4.69, 9.17) is 0 Å². The highest BCUT2D eigenvalue weighted by Crippen LogP contribution is 2.40. The molecule has 13 heavy (non-hydrogen) atoms. The third kappa shape index (κ3) is 3.33. The molecule has 0 aromatic carbocycles. The smallest absolute Gasteiger partial charge is 0.171 e. The molecule has 0 spiro atoms. The Balaban J connectivity index is 2.30. The minimum Gasteiger partial charge on any atom is -0.171 e. The van der Waals surface area contributed by atoms with Crippen molar-refractivity contribution in [3.63, 3.8) is 0 Å². The number of rotatable bonds is 2. The highest BCUT2D eigenvalue weighted by Gasteiger charge is 2.41. The molecule has 1 saturated carbocycles. The summed E-state index contributed by atoms with van der Waals surface area (Å²) in [6.07, 6.45) is -0.437. The third-order valence-electron chi connectivity index (χ3n) is 3.01. The number of halogens is 3. The maximum absolute atomic E-state index is 12.3. The van der Waals surface area contributed by atoms with Gasteiger partial charge in [-0.25, -0.2) is 0 Å². The SMILES string of the molecule is FC(F)(F)C1CCC(CC[SiH3])CC1. The topological polar surface area (TPSA) is 0 Å². The first kappa shape index (κ1) is 11.1. The molecule has 1 aliphatic rings. The summed E-state index contributed by atoms with van der Waals surface area (Å²) in [6.45, 7) is 0. The summed E-state index contributed by atoms with van der Waals surface area (Å²) in [5.41, 5.74) is 0. The number of alkyl halides is 3. The van der Waals surface area contributed by atoms with E-state index < -0.39 is 12.1 Å². The molecule has 4 heteroatoms. The molecule has 0 N–H and O–H groups in total. The molecule has 1 fully saturated rings. The summed E-state index contributed by atoms with van der Waals surface area (Å²) in [7, 11) is 1.19. The largest absolute Gasteiger partial charge is 0.391 e. The van der Waals surface area contributed by atoms with E-state index in [9.17, 15) is 13.2 Å². The molecule has 1 rings (SSSR count). The van der Waals surface area contributed by atoms with Crippen LogP contribution in [-0.2, 0) is 0 Å². The van der Waals surface area contributed by atoms with E-state index in [1.165, 1.54) is 16.3 Å². The molecule has 0 saturated heterocycles. The van der Waals surface area contributed by atoms with Crippen LogP contribution in [0.5, 0.6) is 0 Å². The number of hydrogen-bond acceptors (Lipinski definition) is 0. The van der Waals surface area contributed by atoms with Gasteiger partial charge in [0.15, 0.2) is 0 Å². The van der Waals surface area contributed by atoms with E-state index in [1.54, 1.807) is 0 Å². The van der Waals surface area contributed by atoms with E-state index in [0.29, 0.717) is 18.8 Å². The van der Waals surface area contributed by atoms with Gasteiger partial charge in [-0.05, 0) is 31.6 Å². The molecule has 0 aromatic heterocycles. The van der Waals surface area contributed by atoms with Crippen molar-refractivity contribution in [3.05, 3.63) is 0 Å². The predicted octanol–water partition coefficient (Wildman–Crippen LogP) is 2.53. The van der Waals surface area contributed by atoms with Gasteiger partial charge < -0.3 is 0 Å². The normalized spacial score (nSPS) is 30.7. The van der Waals surface area contributed by atoms with Crippen molar-refractivity contribution in [1.82, 2.24) is 0 Å². The second kappa shape index (κ2) is 4.49. The van der Waals surface area contributed by atoms with Gasteiger partial charge in [0.2, 0.25) is 0 Å². The molecule has 0 aliphatic heterocycles. The summed E-state index contributed by atoms with van der Waals surface area (Å²) in [5, 5.41) is 0. The maximum atomic E-state index is 12.3. The zero-order chi connectivity index (χ0) is 9.90. The molecule has 0 aromatic rings. The summed E-state index contributed by atoms with van der Waals surface area (Å²) in [5.74, 6) is -0.408. The lowest BCUT2D eigenvalue weighted by molar-refractivity contribution is -0.183. The molecule has 0 atom stereocenters. The Morgan fingerprint density at radius 3 is 2.00 bits per heavy atom. The van der Waals surface area contributed by atoms with Crippen LogP contribution in [0.25, 0.3) is 0 Å². The zero-order valence-electron chi connectivity index (χ0n) is 8.03. The Kier molecular flexibility index (Phi) is 3.82. The van der Waals surface area contributed by atoms with Gasteiger partial charge in [0, 0.05) is 10.2 Å². The van der Waals surface area contributed by atoms with Crippen LogP contribution in [0.15, 0.2) is 0 Å². The van der Waals surface area contributed by atoms with Gasteiger partial charge in [-0.3, -0.25) is 0 Å². The summed E-state index contributed by atoms with van der Waals surface area (Å²) >= 11 is 0. The molecule has 1 aliphatic carbocycles. The minimum absolute atomic E-state index is 0.371. The van der Waals surface area contributed by atoms with Crippen LogP contribution in [-0.4, -0.2) is 16.4 Å². The highest BCUT2D eigenvalue weighted by atomic mass is 28.1. The molecular weight excluding hydrogens is 193 g/mol. The molecule has 0 amide bonds. The molecule has 78 valence electrons. The first-order chi connectivity index (χ1) is 6.04. The average molecular weight is 210 g/mol. The Labute approximate surface area is 80.3 Å². The van der Waals surface area contributed by atoms with Gasteiger partial charge in [0.05, 0.1) is 5.92 Å². The molecule has 0 heterocycles. The van der Waals surface area contributed by atoms with Crippen molar-refractivity contribution in [3.8, 4) is 0 Å². The second-order valence-electron chi connectivity index (χ2n) is 4.05. The third-order valence-corrected chi connectivity index (χ3v) is 3.58. The number of hydrogen-bond donors (Lipinski definition) is 0. The van der Waals surface area contributed by atoms with Crippen molar-refractivity contribution < 1.29 is 13.2 Å². The van der Waals surface area contributed by atoms with E-state index in [1.807, 2.05) is 0 Å². The monoisotopic (exact) mass is 210 g/mol. The van der Waals surface area contributed by atoms with Gasteiger partial charge >= 0.3 is 6.18 Å². The lowest BCUT2D eigenvalue weighted by Gasteiger charge is -2.29. The van der Waals surface area contributed by atoms with Crippen LogP contribution >= 0.6 is 0 Å².